The van der Waals surface area contributed by atoms with Crippen molar-refractivity contribution in [1.29, 1.82) is 0 Å². The SMILES string of the molecule is CN1CCN(C(=O)c2csc(-c3ccco3)n2)CC1. The Balaban J connectivity index is 1.74. The standard InChI is InChI=1S/C13H15N3O2S/c1-15-4-6-16(7-5-15)13(17)10-9-19-12(14-10)11-3-2-8-18-11/h2-3,8-9H,4-7H2,1H3. The van der Waals surface area contributed by atoms with Crippen molar-refractivity contribution in [2.75, 3.05) is 33.2 Å². The monoisotopic (exact) mass is 277 g/mol. The number of carbonyl (C=O) groups excluding carboxylic acids is 1. The molecular weight excluding hydrogens is 262 g/mol. The van der Waals surface area contributed by atoms with E-state index in [2.05, 4.69) is 16.9 Å². The first-order chi connectivity index (χ1) is 9.24. The molecule has 1 fully saturated rings. The zero-order valence-corrected chi connectivity index (χ0v) is 11.5. The number of likely N-dealkylation sites (N-methyl/N-ethyl adjacent to an activating group) is 1. The van der Waals surface area contributed by atoms with Gasteiger partial charge in [-0.1, -0.05) is 0 Å². The molecule has 1 aliphatic heterocycles. The summed E-state index contributed by atoms with van der Waals surface area (Å²) >= 11 is 1.44. The highest BCUT2D eigenvalue weighted by Gasteiger charge is 2.22. The fourth-order valence-electron chi connectivity index (χ4n) is 2.06. The molecule has 0 atom stereocenters. The number of hydrogen-bond donors (Lipinski definition) is 0. The van der Waals surface area contributed by atoms with Crippen molar-refractivity contribution in [3.63, 3.8) is 0 Å². The lowest BCUT2D eigenvalue weighted by Crippen LogP contribution is -2.47. The third-order valence-corrected chi connectivity index (χ3v) is 4.10. The molecule has 2 aromatic rings. The molecule has 1 aliphatic rings. The predicted molar refractivity (Wildman–Crippen MR) is 73.2 cm³/mol. The van der Waals surface area contributed by atoms with Gasteiger partial charge >= 0.3 is 0 Å². The van der Waals surface area contributed by atoms with Crippen LogP contribution >= 0.6 is 11.3 Å². The molecule has 1 amide bonds. The molecule has 19 heavy (non-hydrogen) atoms. The first-order valence-electron chi connectivity index (χ1n) is 6.21. The maximum Gasteiger partial charge on any atom is 0.273 e. The minimum Gasteiger partial charge on any atom is -0.462 e. The molecule has 0 saturated carbocycles. The van der Waals surface area contributed by atoms with Crippen molar-refractivity contribution >= 4 is 17.2 Å². The van der Waals surface area contributed by atoms with Crippen LogP contribution in [0.1, 0.15) is 10.5 Å². The summed E-state index contributed by atoms with van der Waals surface area (Å²) in [6.07, 6.45) is 1.61. The topological polar surface area (TPSA) is 49.6 Å². The number of furan rings is 1. The number of thiazole rings is 1. The molecule has 0 aliphatic carbocycles. The Labute approximate surface area is 115 Å². The molecule has 5 nitrogen and oxygen atoms in total. The minimum absolute atomic E-state index is 0.0159. The van der Waals surface area contributed by atoms with Crippen LogP contribution in [0, 0.1) is 0 Å². The number of aromatic nitrogens is 1. The van der Waals surface area contributed by atoms with Gasteiger partial charge in [-0.25, -0.2) is 4.98 Å². The summed E-state index contributed by atoms with van der Waals surface area (Å²) in [5.74, 6) is 0.726. The molecule has 0 radical (unpaired) electrons. The van der Waals surface area contributed by atoms with Gasteiger partial charge in [-0.2, -0.15) is 0 Å². The second kappa shape index (κ2) is 5.14. The zero-order valence-electron chi connectivity index (χ0n) is 10.7. The predicted octanol–water partition coefficient (Wildman–Crippen LogP) is 1.79. The molecule has 0 spiro atoms. The third kappa shape index (κ3) is 2.54. The fraction of sp³-hybridized carbons (Fsp3) is 0.385. The summed E-state index contributed by atoms with van der Waals surface area (Å²) < 4.78 is 5.29. The highest BCUT2D eigenvalue weighted by Crippen LogP contribution is 2.24. The lowest BCUT2D eigenvalue weighted by Gasteiger charge is -2.31. The van der Waals surface area contributed by atoms with Crippen molar-refractivity contribution in [1.82, 2.24) is 14.8 Å². The molecule has 0 aromatic carbocycles. The van der Waals surface area contributed by atoms with Crippen LogP contribution in [0.4, 0.5) is 0 Å². The van der Waals surface area contributed by atoms with Gasteiger partial charge in [-0.05, 0) is 19.2 Å². The van der Waals surface area contributed by atoms with Gasteiger partial charge in [0, 0.05) is 31.6 Å². The van der Waals surface area contributed by atoms with Gasteiger partial charge in [-0.15, -0.1) is 11.3 Å². The fourth-order valence-corrected chi connectivity index (χ4v) is 2.82. The molecule has 6 heteroatoms. The van der Waals surface area contributed by atoms with Crippen LogP contribution in [0.25, 0.3) is 10.8 Å². The van der Waals surface area contributed by atoms with E-state index >= 15 is 0 Å². The van der Waals surface area contributed by atoms with Crippen molar-refractivity contribution in [3.8, 4) is 10.8 Å². The van der Waals surface area contributed by atoms with Crippen LogP contribution in [-0.2, 0) is 0 Å². The van der Waals surface area contributed by atoms with Crippen LogP contribution in [0.5, 0.6) is 0 Å². The summed E-state index contributed by atoms with van der Waals surface area (Å²) in [5, 5.41) is 2.56. The first-order valence-corrected chi connectivity index (χ1v) is 7.09. The van der Waals surface area contributed by atoms with Gasteiger partial charge in [0.1, 0.15) is 5.69 Å². The first kappa shape index (κ1) is 12.4. The lowest BCUT2D eigenvalue weighted by molar-refractivity contribution is 0.0659. The largest absolute Gasteiger partial charge is 0.462 e. The molecule has 100 valence electrons. The Morgan fingerprint density at radius 2 is 2.16 bits per heavy atom. The zero-order chi connectivity index (χ0) is 13.2. The van der Waals surface area contributed by atoms with E-state index in [1.165, 1.54) is 11.3 Å². The Bertz CT molecular complexity index is 556. The Kier molecular flexibility index (Phi) is 3.35. The van der Waals surface area contributed by atoms with Gasteiger partial charge in [-0.3, -0.25) is 4.79 Å². The summed E-state index contributed by atoms with van der Waals surface area (Å²) in [6, 6.07) is 3.67. The smallest absolute Gasteiger partial charge is 0.273 e. The second-order valence-electron chi connectivity index (χ2n) is 4.61. The minimum atomic E-state index is 0.0159. The second-order valence-corrected chi connectivity index (χ2v) is 5.47. The highest BCUT2D eigenvalue weighted by atomic mass is 32.1. The van der Waals surface area contributed by atoms with E-state index in [4.69, 9.17) is 4.42 Å². The maximum atomic E-state index is 12.3. The maximum absolute atomic E-state index is 12.3. The molecule has 1 saturated heterocycles. The van der Waals surface area contributed by atoms with Crippen LogP contribution in [0.15, 0.2) is 28.2 Å². The molecule has 0 N–H and O–H groups in total. The van der Waals surface area contributed by atoms with Crippen molar-refractivity contribution in [3.05, 3.63) is 29.5 Å². The van der Waals surface area contributed by atoms with E-state index in [-0.39, 0.29) is 5.91 Å². The lowest BCUT2D eigenvalue weighted by atomic mass is 10.3. The molecular formula is C13H15N3O2S. The quantitative estimate of drug-likeness (QED) is 0.839. The molecule has 2 aromatic heterocycles. The molecule has 3 rings (SSSR count). The van der Waals surface area contributed by atoms with Crippen molar-refractivity contribution in [2.45, 2.75) is 0 Å². The molecule has 0 bridgehead atoms. The summed E-state index contributed by atoms with van der Waals surface area (Å²) in [4.78, 5) is 20.8. The van der Waals surface area contributed by atoms with Crippen LogP contribution in [0.2, 0.25) is 0 Å². The highest BCUT2D eigenvalue weighted by molar-refractivity contribution is 7.13. The van der Waals surface area contributed by atoms with E-state index in [9.17, 15) is 4.79 Å². The average molecular weight is 277 g/mol. The Hall–Kier alpha value is -1.66. The number of carbonyl (C=O) groups is 1. The van der Waals surface area contributed by atoms with Crippen LogP contribution in [0.3, 0.4) is 0 Å². The van der Waals surface area contributed by atoms with Gasteiger partial charge in [0.15, 0.2) is 10.8 Å². The van der Waals surface area contributed by atoms with Gasteiger partial charge in [0.25, 0.3) is 5.91 Å². The van der Waals surface area contributed by atoms with E-state index in [0.717, 1.165) is 31.2 Å². The van der Waals surface area contributed by atoms with E-state index in [0.29, 0.717) is 11.5 Å². The van der Waals surface area contributed by atoms with Gasteiger partial charge in [0.2, 0.25) is 0 Å². The van der Waals surface area contributed by atoms with Crippen LogP contribution < -0.4 is 0 Å². The van der Waals surface area contributed by atoms with Crippen LogP contribution in [-0.4, -0.2) is 53.9 Å². The summed E-state index contributed by atoms with van der Waals surface area (Å²) in [7, 11) is 2.07. The number of piperazine rings is 1. The van der Waals surface area contributed by atoms with E-state index in [1.807, 2.05) is 17.0 Å². The molecule has 3 heterocycles. The number of amides is 1. The molecule has 0 unspecified atom stereocenters. The number of hydrogen-bond acceptors (Lipinski definition) is 5. The van der Waals surface area contributed by atoms with Crippen molar-refractivity contribution < 1.29 is 9.21 Å². The third-order valence-electron chi connectivity index (χ3n) is 3.25. The van der Waals surface area contributed by atoms with Gasteiger partial charge in [0.05, 0.1) is 6.26 Å². The summed E-state index contributed by atoms with van der Waals surface area (Å²) in [6.45, 7) is 3.37. The van der Waals surface area contributed by atoms with E-state index in [1.54, 1.807) is 11.6 Å². The average Bonchev–Trinajstić information content (AvgIpc) is 3.10. The van der Waals surface area contributed by atoms with Crippen molar-refractivity contribution in [2.24, 2.45) is 0 Å². The Morgan fingerprint density at radius 1 is 1.37 bits per heavy atom. The number of rotatable bonds is 2. The normalized spacial score (nSPS) is 16.8. The Morgan fingerprint density at radius 3 is 2.84 bits per heavy atom. The summed E-state index contributed by atoms with van der Waals surface area (Å²) in [5.41, 5.74) is 0.515. The number of nitrogens with zero attached hydrogens (tertiary/aromatic N) is 3. The van der Waals surface area contributed by atoms with E-state index < -0.39 is 0 Å². The van der Waals surface area contributed by atoms with Gasteiger partial charge < -0.3 is 14.2 Å².